The first-order valence-electron chi connectivity index (χ1n) is 11.1. The Morgan fingerprint density at radius 1 is 1.22 bits per heavy atom. The SMILES string of the molecule is CN(C)c1cc(N2CCC3(CCCC3)C2)nn(CC(=O)Nc2ccc3ocnc3c2)c1=O. The van der Waals surface area contributed by atoms with E-state index in [0.29, 0.717) is 27.9 Å². The molecule has 0 atom stereocenters. The Morgan fingerprint density at radius 3 is 2.81 bits per heavy atom. The van der Waals surface area contributed by atoms with Crippen LogP contribution in [0.3, 0.4) is 0 Å². The lowest BCUT2D eigenvalue weighted by atomic mass is 9.86. The lowest BCUT2D eigenvalue weighted by Gasteiger charge is -2.25. The van der Waals surface area contributed by atoms with Gasteiger partial charge >= 0.3 is 0 Å². The average Bonchev–Trinajstić information content (AvgIpc) is 3.51. The Labute approximate surface area is 186 Å². The summed E-state index contributed by atoms with van der Waals surface area (Å²) in [6.45, 7) is 1.74. The molecule has 2 aromatic heterocycles. The molecule has 168 valence electrons. The van der Waals surface area contributed by atoms with E-state index < -0.39 is 0 Å². The van der Waals surface area contributed by atoms with Crippen LogP contribution >= 0.6 is 0 Å². The number of aromatic nitrogens is 3. The molecule has 1 saturated heterocycles. The van der Waals surface area contributed by atoms with Crippen molar-refractivity contribution in [3.8, 4) is 0 Å². The summed E-state index contributed by atoms with van der Waals surface area (Å²) in [5.74, 6) is 0.437. The molecule has 9 heteroatoms. The highest BCUT2D eigenvalue weighted by Gasteiger charge is 2.40. The van der Waals surface area contributed by atoms with Crippen LogP contribution in [0.15, 0.2) is 39.9 Å². The first-order valence-corrected chi connectivity index (χ1v) is 11.1. The predicted molar refractivity (Wildman–Crippen MR) is 123 cm³/mol. The molecule has 1 aliphatic carbocycles. The van der Waals surface area contributed by atoms with Gasteiger partial charge in [0.1, 0.15) is 17.7 Å². The number of anilines is 3. The Kier molecular flexibility index (Phi) is 5.11. The Hall–Kier alpha value is -3.36. The minimum absolute atomic E-state index is 0.163. The number of carbonyl (C=O) groups is 1. The lowest BCUT2D eigenvalue weighted by Crippen LogP contribution is -2.35. The summed E-state index contributed by atoms with van der Waals surface area (Å²) in [7, 11) is 3.67. The van der Waals surface area contributed by atoms with Crippen LogP contribution in [0.2, 0.25) is 0 Å². The van der Waals surface area contributed by atoms with E-state index in [0.717, 1.165) is 25.3 Å². The van der Waals surface area contributed by atoms with Crippen molar-refractivity contribution in [1.82, 2.24) is 14.8 Å². The molecule has 1 aliphatic heterocycles. The van der Waals surface area contributed by atoms with Gasteiger partial charge in [0, 0.05) is 38.9 Å². The van der Waals surface area contributed by atoms with Crippen LogP contribution < -0.4 is 20.7 Å². The molecular formula is C23H28N6O3. The highest BCUT2D eigenvalue weighted by Crippen LogP contribution is 2.46. The van der Waals surface area contributed by atoms with E-state index in [1.807, 2.05) is 20.2 Å². The summed E-state index contributed by atoms with van der Waals surface area (Å²) in [6, 6.07) is 7.08. The van der Waals surface area contributed by atoms with Gasteiger partial charge in [-0.1, -0.05) is 12.8 Å². The average molecular weight is 437 g/mol. The number of oxazole rings is 1. The molecule has 1 N–H and O–H groups in total. The third-order valence-corrected chi connectivity index (χ3v) is 6.76. The zero-order valence-electron chi connectivity index (χ0n) is 18.5. The van der Waals surface area contributed by atoms with Gasteiger partial charge in [-0.2, -0.15) is 5.10 Å². The molecule has 2 aliphatic rings. The second-order valence-electron chi connectivity index (χ2n) is 9.21. The summed E-state index contributed by atoms with van der Waals surface area (Å²) < 4.78 is 6.50. The van der Waals surface area contributed by atoms with Crippen LogP contribution in [0, 0.1) is 5.41 Å². The summed E-state index contributed by atoms with van der Waals surface area (Å²) in [5, 5.41) is 7.42. The van der Waals surface area contributed by atoms with Gasteiger partial charge in [0.2, 0.25) is 5.91 Å². The van der Waals surface area contributed by atoms with Crippen LogP contribution in [0.4, 0.5) is 17.2 Å². The summed E-state index contributed by atoms with van der Waals surface area (Å²) >= 11 is 0. The zero-order chi connectivity index (χ0) is 22.3. The number of rotatable bonds is 5. The van der Waals surface area contributed by atoms with Crippen molar-refractivity contribution in [1.29, 1.82) is 0 Å². The number of nitrogens with zero attached hydrogens (tertiary/aromatic N) is 5. The van der Waals surface area contributed by atoms with E-state index in [1.54, 1.807) is 23.1 Å². The zero-order valence-corrected chi connectivity index (χ0v) is 18.5. The normalized spacial score (nSPS) is 17.4. The van der Waals surface area contributed by atoms with Gasteiger partial charge in [-0.05, 0) is 42.9 Å². The molecule has 32 heavy (non-hydrogen) atoms. The largest absolute Gasteiger partial charge is 0.443 e. The number of fused-ring (bicyclic) bond motifs is 1. The number of hydrogen-bond donors (Lipinski definition) is 1. The van der Waals surface area contributed by atoms with E-state index in [-0.39, 0.29) is 18.0 Å². The van der Waals surface area contributed by atoms with Crippen molar-refractivity contribution in [3.05, 3.63) is 41.0 Å². The minimum atomic E-state index is -0.321. The van der Waals surface area contributed by atoms with Crippen molar-refractivity contribution < 1.29 is 9.21 Å². The lowest BCUT2D eigenvalue weighted by molar-refractivity contribution is -0.117. The standard InChI is InChI=1S/C23H28N6O3/c1-27(2)18-12-20(28-10-9-23(14-28)7-3-4-8-23)26-29(22(18)31)13-21(30)25-16-5-6-19-17(11-16)24-15-32-19/h5-6,11-12,15H,3-4,7-10,13-14H2,1-2H3,(H,25,30). The molecule has 2 fully saturated rings. The van der Waals surface area contributed by atoms with Gasteiger partial charge in [0.05, 0.1) is 0 Å². The van der Waals surface area contributed by atoms with Crippen molar-refractivity contribution in [2.75, 3.05) is 42.3 Å². The number of benzene rings is 1. The third kappa shape index (κ3) is 3.83. The van der Waals surface area contributed by atoms with E-state index in [4.69, 9.17) is 4.42 Å². The Bertz CT molecular complexity index is 1210. The molecule has 0 radical (unpaired) electrons. The van der Waals surface area contributed by atoms with Crippen molar-refractivity contribution in [2.45, 2.75) is 38.6 Å². The van der Waals surface area contributed by atoms with Crippen LogP contribution in [-0.2, 0) is 11.3 Å². The quantitative estimate of drug-likeness (QED) is 0.657. The van der Waals surface area contributed by atoms with E-state index in [2.05, 4.69) is 20.3 Å². The highest BCUT2D eigenvalue weighted by atomic mass is 16.3. The van der Waals surface area contributed by atoms with Crippen LogP contribution in [-0.4, -0.2) is 47.9 Å². The van der Waals surface area contributed by atoms with E-state index in [1.165, 1.54) is 36.8 Å². The fourth-order valence-corrected chi connectivity index (χ4v) is 5.03. The van der Waals surface area contributed by atoms with Crippen molar-refractivity contribution in [3.63, 3.8) is 0 Å². The topological polar surface area (TPSA) is 96.5 Å². The maximum atomic E-state index is 13.0. The molecule has 0 bridgehead atoms. The smallest absolute Gasteiger partial charge is 0.290 e. The number of amides is 1. The molecule has 1 aromatic carbocycles. The Balaban J connectivity index is 1.38. The minimum Gasteiger partial charge on any atom is -0.443 e. The fraction of sp³-hybridized carbons (Fsp3) is 0.478. The van der Waals surface area contributed by atoms with Gasteiger partial charge in [-0.3, -0.25) is 9.59 Å². The summed E-state index contributed by atoms with van der Waals surface area (Å²) in [5.41, 5.74) is 2.53. The number of carbonyl (C=O) groups excluding carboxylic acids is 1. The van der Waals surface area contributed by atoms with Crippen molar-refractivity contribution in [2.24, 2.45) is 5.41 Å². The molecule has 1 amide bonds. The third-order valence-electron chi connectivity index (χ3n) is 6.76. The maximum absolute atomic E-state index is 13.0. The van der Waals surface area contributed by atoms with Gasteiger partial charge in [-0.15, -0.1) is 0 Å². The molecular weight excluding hydrogens is 408 g/mol. The van der Waals surface area contributed by atoms with Crippen LogP contribution in [0.1, 0.15) is 32.1 Å². The van der Waals surface area contributed by atoms with Gasteiger partial charge in [-0.25, -0.2) is 9.67 Å². The highest BCUT2D eigenvalue weighted by molar-refractivity contribution is 5.92. The van der Waals surface area contributed by atoms with Crippen molar-refractivity contribution >= 4 is 34.2 Å². The van der Waals surface area contributed by atoms with Crippen LogP contribution in [0.25, 0.3) is 11.1 Å². The molecule has 3 heterocycles. The molecule has 1 saturated carbocycles. The first-order chi connectivity index (χ1) is 15.4. The summed E-state index contributed by atoms with van der Waals surface area (Å²) in [4.78, 5) is 33.9. The second kappa shape index (κ2) is 7.96. The molecule has 5 rings (SSSR count). The number of hydrogen-bond acceptors (Lipinski definition) is 7. The van der Waals surface area contributed by atoms with Gasteiger partial charge < -0.3 is 19.5 Å². The second-order valence-corrected chi connectivity index (χ2v) is 9.21. The monoisotopic (exact) mass is 436 g/mol. The van der Waals surface area contributed by atoms with Gasteiger partial charge in [0.25, 0.3) is 5.56 Å². The Morgan fingerprint density at radius 2 is 2.03 bits per heavy atom. The summed E-state index contributed by atoms with van der Waals surface area (Å²) in [6.07, 6.45) is 7.65. The molecule has 0 unspecified atom stereocenters. The van der Waals surface area contributed by atoms with E-state index in [9.17, 15) is 9.59 Å². The number of nitrogens with one attached hydrogen (secondary N) is 1. The van der Waals surface area contributed by atoms with E-state index >= 15 is 0 Å². The molecule has 1 spiro atoms. The van der Waals surface area contributed by atoms with Gasteiger partial charge in [0.15, 0.2) is 17.8 Å². The molecule has 3 aromatic rings. The fourth-order valence-electron chi connectivity index (χ4n) is 5.03. The van der Waals surface area contributed by atoms with Crippen LogP contribution in [0.5, 0.6) is 0 Å². The maximum Gasteiger partial charge on any atom is 0.290 e. The predicted octanol–water partition coefficient (Wildman–Crippen LogP) is 2.86. The first kappa shape index (κ1) is 20.5. The molecule has 9 nitrogen and oxygen atoms in total.